The summed E-state index contributed by atoms with van der Waals surface area (Å²) >= 11 is 0. The lowest BCUT2D eigenvalue weighted by molar-refractivity contribution is -0.385. The highest BCUT2D eigenvalue weighted by Crippen LogP contribution is 2.33. The molecule has 0 radical (unpaired) electrons. The third kappa shape index (κ3) is 4.00. The van der Waals surface area contributed by atoms with Crippen LogP contribution in [0, 0.1) is 17.0 Å². The Kier molecular flexibility index (Phi) is 5.67. The molecular weight excluding hydrogens is 364 g/mol. The Morgan fingerprint density at radius 3 is 2.43 bits per heavy atom. The zero-order valence-electron chi connectivity index (χ0n) is 16.1. The van der Waals surface area contributed by atoms with Gasteiger partial charge in [-0.05, 0) is 48.7 Å². The number of aryl methyl sites for hydroxylation is 1. The molecule has 2 aromatic rings. The zero-order chi connectivity index (χ0) is 20.3. The fourth-order valence-corrected chi connectivity index (χ4v) is 3.26. The summed E-state index contributed by atoms with van der Waals surface area (Å²) < 4.78 is 16.2. The van der Waals surface area contributed by atoms with E-state index in [1.54, 1.807) is 32.1 Å². The van der Waals surface area contributed by atoms with E-state index >= 15 is 0 Å². The van der Waals surface area contributed by atoms with Crippen LogP contribution < -0.4 is 14.2 Å². The number of nitro benzene ring substituents is 1. The van der Waals surface area contributed by atoms with Gasteiger partial charge in [-0.25, -0.2) is 0 Å². The predicted molar refractivity (Wildman–Crippen MR) is 102 cm³/mol. The van der Waals surface area contributed by atoms with Crippen LogP contribution in [-0.4, -0.2) is 43.1 Å². The van der Waals surface area contributed by atoms with Gasteiger partial charge in [0.05, 0.1) is 19.1 Å². The highest BCUT2D eigenvalue weighted by molar-refractivity contribution is 5.78. The second-order valence-corrected chi connectivity index (χ2v) is 6.54. The van der Waals surface area contributed by atoms with Crippen LogP contribution in [0.15, 0.2) is 30.3 Å². The maximum absolute atomic E-state index is 12.6. The average Bonchev–Trinajstić information content (AvgIpc) is 2.70. The van der Waals surface area contributed by atoms with E-state index in [2.05, 4.69) is 0 Å². The molecule has 148 valence electrons. The van der Waals surface area contributed by atoms with Crippen molar-refractivity contribution in [2.75, 3.05) is 27.4 Å². The number of ether oxygens (including phenoxy) is 3. The molecule has 0 bridgehead atoms. The summed E-state index contributed by atoms with van der Waals surface area (Å²) in [5, 5.41) is 10.9. The van der Waals surface area contributed by atoms with Gasteiger partial charge in [-0.3, -0.25) is 14.9 Å². The van der Waals surface area contributed by atoms with Crippen molar-refractivity contribution in [1.82, 2.24) is 4.90 Å². The number of benzene rings is 2. The molecule has 8 nitrogen and oxygen atoms in total. The van der Waals surface area contributed by atoms with Crippen molar-refractivity contribution in [1.29, 1.82) is 0 Å². The summed E-state index contributed by atoms with van der Waals surface area (Å²) in [5.74, 6) is 1.60. The molecule has 0 spiro atoms. The molecule has 1 amide bonds. The average molecular weight is 386 g/mol. The largest absolute Gasteiger partial charge is 0.493 e. The van der Waals surface area contributed by atoms with E-state index in [1.807, 2.05) is 12.1 Å². The van der Waals surface area contributed by atoms with Crippen molar-refractivity contribution in [3.05, 3.63) is 57.1 Å². The third-order valence-corrected chi connectivity index (χ3v) is 4.80. The lowest BCUT2D eigenvalue weighted by Crippen LogP contribution is -2.38. The molecular formula is C20H22N2O6. The number of rotatable bonds is 6. The van der Waals surface area contributed by atoms with Crippen molar-refractivity contribution >= 4 is 11.6 Å². The van der Waals surface area contributed by atoms with E-state index in [4.69, 9.17) is 14.2 Å². The molecule has 0 N–H and O–H groups in total. The van der Waals surface area contributed by atoms with Gasteiger partial charge in [0.25, 0.3) is 11.6 Å². The van der Waals surface area contributed by atoms with Gasteiger partial charge in [0.1, 0.15) is 5.75 Å². The molecule has 8 heteroatoms. The van der Waals surface area contributed by atoms with E-state index in [-0.39, 0.29) is 18.2 Å². The maximum atomic E-state index is 12.6. The topological polar surface area (TPSA) is 91.1 Å². The molecule has 0 unspecified atom stereocenters. The first kappa shape index (κ1) is 19.5. The number of nitro groups is 1. The summed E-state index contributed by atoms with van der Waals surface area (Å²) in [7, 11) is 3.18. The minimum atomic E-state index is -0.446. The van der Waals surface area contributed by atoms with Gasteiger partial charge < -0.3 is 19.1 Å². The van der Waals surface area contributed by atoms with Crippen molar-refractivity contribution in [2.24, 2.45) is 0 Å². The standard InChI is InChI=1S/C20H22N2O6/c1-13-8-16(4-5-17(13)22(24)25)28-12-20(23)21-7-6-14-9-18(26-2)19(27-3)10-15(14)11-21/h4-5,8-10H,6-7,11-12H2,1-3H3. The summed E-state index contributed by atoms with van der Waals surface area (Å²) in [6.45, 7) is 2.57. The monoisotopic (exact) mass is 386 g/mol. The molecule has 28 heavy (non-hydrogen) atoms. The second kappa shape index (κ2) is 8.16. The lowest BCUT2D eigenvalue weighted by Gasteiger charge is -2.29. The Bertz CT molecular complexity index is 912. The molecule has 0 saturated heterocycles. The second-order valence-electron chi connectivity index (χ2n) is 6.54. The molecule has 2 aromatic carbocycles. The first-order chi connectivity index (χ1) is 13.4. The van der Waals surface area contributed by atoms with Crippen molar-refractivity contribution in [2.45, 2.75) is 19.9 Å². The third-order valence-electron chi connectivity index (χ3n) is 4.80. The van der Waals surface area contributed by atoms with Crippen molar-refractivity contribution in [3.63, 3.8) is 0 Å². The molecule has 1 aliphatic rings. The predicted octanol–water partition coefficient (Wildman–Crippen LogP) is 2.88. The first-order valence-corrected chi connectivity index (χ1v) is 8.82. The Morgan fingerprint density at radius 2 is 1.82 bits per heavy atom. The maximum Gasteiger partial charge on any atom is 0.272 e. The number of fused-ring (bicyclic) bond motifs is 1. The molecule has 0 fully saturated rings. The normalized spacial score (nSPS) is 12.9. The van der Waals surface area contributed by atoms with Crippen LogP contribution in [0.25, 0.3) is 0 Å². The van der Waals surface area contributed by atoms with E-state index in [0.717, 1.165) is 17.5 Å². The number of carbonyl (C=O) groups excluding carboxylic acids is 1. The van der Waals surface area contributed by atoms with Crippen molar-refractivity contribution in [3.8, 4) is 17.2 Å². The Labute approximate surface area is 162 Å². The molecule has 3 rings (SSSR count). The molecule has 0 aromatic heterocycles. The van der Waals surface area contributed by atoms with Crippen LogP contribution in [-0.2, 0) is 17.8 Å². The number of hydrogen-bond acceptors (Lipinski definition) is 6. The van der Waals surface area contributed by atoms with Crippen LogP contribution in [0.2, 0.25) is 0 Å². The van der Waals surface area contributed by atoms with Gasteiger partial charge in [-0.2, -0.15) is 0 Å². The van der Waals surface area contributed by atoms with Gasteiger partial charge >= 0.3 is 0 Å². The molecule has 1 heterocycles. The molecule has 0 atom stereocenters. The van der Waals surface area contributed by atoms with Crippen molar-refractivity contribution < 1.29 is 23.9 Å². The SMILES string of the molecule is COc1cc2c(cc1OC)CN(C(=O)COc1ccc([N+](=O)[O-])c(C)c1)CC2. The first-order valence-electron chi connectivity index (χ1n) is 8.82. The zero-order valence-corrected chi connectivity index (χ0v) is 16.1. The van der Waals surface area contributed by atoms with Crippen LogP contribution in [0.4, 0.5) is 5.69 Å². The molecule has 0 aliphatic carbocycles. The van der Waals surface area contributed by atoms with Gasteiger partial charge in [-0.1, -0.05) is 0 Å². The van der Waals surface area contributed by atoms with Crippen LogP contribution in [0.3, 0.4) is 0 Å². The van der Waals surface area contributed by atoms with Crippen LogP contribution >= 0.6 is 0 Å². The van der Waals surface area contributed by atoms with Crippen LogP contribution in [0.1, 0.15) is 16.7 Å². The Balaban J connectivity index is 1.65. The Morgan fingerprint density at radius 1 is 1.14 bits per heavy atom. The number of methoxy groups -OCH3 is 2. The number of carbonyl (C=O) groups is 1. The van der Waals surface area contributed by atoms with Crippen LogP contribution in [0.5, 0.6) is 17.2 Å². The van der Waals surface area contributed by atoms with E-state index in [0.29, 0.717) is 35.9 Å². The smallest absolute Gasteiger partial charge is 0.272 e. The Hall–Kier alpha value is -3.29. The minimum Gasteiger partial charge on any atom is -0.493 e. The highest BCUT2D eigenvalue weighted by atomic mass is 16.6. The molecule has 1 aliphatic heterocycles. The van der Waals surface area contributed by atoms with Gasteiger partial charge in [0.15, 0.2) is 18.1 Å². The summed E-state index contributed by atoms with van der Waals surface area (Å²) in [5.41, 5.74) is 2.66. The highest BCUT2D eigenvalue weighted by Gasteiger charge is 2.23. The fraction of sp³-hybridized carbons (Fsp3) is 0.350. The van der Waals surface area contributed by atoms with Gasteiger partial charge in [0, 0.05) is 24.7 Å². The minimum absolute atomic E-state index is 0.0238. The quantitative estimate of drug-likeness (QED) is 0.560. The molecule has 0 saturated carbocycles. The lowest BCUT2D eigenvalue weighted by atomic mass is 9.99. The number of nitrogens with zero attached hydrogens (tertiary/aromatic N) is 2. The number of hydrogen-bond donors (Lipinski definition) is 0. The van der Waals surface area contributed by atoms with E-state index < -0.39 is 4.92 Å². The number of amides is 1. The summed E-state index contributed by atoms with van der Waals surface area (Å²) in [4.78, 5) is 24.7. The van der Waals surface area contributed by atoms with E-state index in [9.17, 15) is 14.9 Å². The van der Waals surface area contributed by atoms with Gasteiger partial charge in [0.2, 0.25) is 0 Å². The van der Waals surface area contributed by atoms with Gasteiger partial charge in [-0.15, -0.1) is 0 Å². The fourth-order valence-electron chi connectivity index (χ4n) is 3.26. The summed E-state index contributed by atoms with van der Waals surface area (Å²) in [6.07, 6.45) is 0.720. The van der Waals surface area contributed by atoms with E-state index in [1.165, 1.54) is 12.1 Å². The summed E-state index contributed by atoms with van der Waals surface area (Å²) in [6, 6.07) is 8.29.